The van der Waals surface area contributed by atoms with Gasteiger partial charge in [0.15, 0.2) is 0 Å². The molecule has 2 heterocycles. The van der Waals surface area contributed by atoms with Crippen LogP contribution in [0.15, 0.2) is 35.2 Å². The number of nitrogens with zero attached hydrogens (tertiary/aromatic N) is 2. The van der Waals surface area contributed by atoms with Crippen LogP contribution in [0.25, 0.3) is 0 Å². The topological polar surface area (TPSA) is 53.6 Å². The van der Waals surface area contributed by atoms with Crippen LogP contribution >= 0.6 is 15.9 Å². The molecule has 0 radical (unpaired) electrons. The van der Waals surface area contributed by atoms with E-state index in [2.05, 4.69) is 36.2 Å². The summed E-state index contributed by atoms with van der Waals surface area (Å²) in [6.07, 6.45) is 5.28. The van der Waals surface area contributed by atoms with E-state index in [1.165, 1.54) is 0 Å². The Morgan fingerprint density at radius 2 is 2.29 bits per heavy atom. The molecule has 2 N–H and O–H groups in total. The second-order valence-corrected chi connectivity index (χ2v) is 3.67. The Morgan fingerprint density at radius 1 is 1.36 bits per heavy atom. The number of aromatic amines is 1. The maximum Gasteiger partial charge on any atom is 0.126 e. The van der Waals surface area contributed by atoms with Crippen molar-refractivity contribution in [3.8, 4) is 0 Å². The molecule has 0 saturated carbocycles. The van der Waals surface area contributed by atoms with E-state index in [4.69, 9.17) is 0 Å². The van der Waals surface area contributed by atoms with Gasteiger partial charge < -0.3 is 10.3 Å². The van der Waals surface area contributed by atoms with Crippen LogP contribution in [0.3, 0.4) is 0 Å². The SMILES string of the molecule is Brc1ccc(NCc2ncc[nH]2)nc1. The summed E-state index contributed by atoms with van der Waals surface area (Å²) in [5.74, 6) is 1.74. The minimum atomic E-state index is 0.654. The molecule has 0 unspecified atom stereocenters. The molecule has 2 rings (SSSR count). The third kappa shape index (κ3) is 2.32. The van der Waals surface area contributed by atoms with Gasteiger partial charge in [-0.3, -0.25) is 0 Å². The standard InChI is InChI=1S/C9H9BrN4/c10-7-1-2-8(13-5-7)14-6-9-11-3-4-12-9/h1-5H,6H2,(H,11,12)(H,13,14). The summed E-state index contributed by atoms with van der Waals surface area (Å²) in [5.41, 5.74) is 0. The zero-order valence-electron chi connectivity index (χ0n) is 7.37. The summed E-state index contributed by atoms with van der Waals surface area (Å²) < 4.78 is 0.973. The molecule has 0 aromatic carbocycles. The third-order valence-corrected chi connectivity index (χ3v) is 2.19. The van der Waals surface area contributed by atoms with E-state index in [9.17, 15) is 0 Å². The largest absolute Gasteiger partial charge is 0.363 e. The number of hydrogen-bond acceptors (Lipinski definition) is 3. The molecular weight excluding hydrogens is 244 g/mol. The zero-order chi connectivity index (χ0) is 9.80. The molecule has 0 aliphatic heterocycles. The van der Waals surface area contributed by atoms with Gasteiger partial charge in [0.2, 0.25) is 0 Å². The first-order valence-electron chi connectivity index (χ1n) is 4.18. The van der Waals surface area contributed by atoms with Gasteiger partial charge in [-0.2, -0.15) is 0 Å². The van der Waals surface area contributed by atoms with Crippen molar-refractivity contribution in [2.45, 2.75) is 6.54 Å². The van der Waals surface area contributed by atoms with Gasteiger partial charge in [0.25, 0.3) is 0 Å². The van der Waals surface area contributed by atoms with Crippen molar-refractivity contribution in [3.63, 3.8) is 0 Å². The van der Waals surface area contributed by atoms with Gasteiger partial charge in [-0.05, 0) is 28.1 Å². The van der Waals surface area contributed by atoms with E-state index in [0.717, 1.165) is 16.1 Å². The molecule has 0 aliphatic carbocycles. The molecule has 4 nitrogen and oxygen atoms in total. The van der Waals surface area contributed by atoms with Crippen molar-refractivity contribution in [1.29, 1.82) is 0 Å². The van der Waals surface area contributed by atoms with Crippen LogP contribution in [-0.2, 0) is 6.54 Å². The predicted octanol–water partition coefficient (Wildman–Crippen LogP) is 2.18. The van der Waals surface area contributed by atoms with Crippen molar-refractivity contribution in [3.05, 3.63) is 41.0 Å². The van der Waals surface area contributed by atoms with Crippen molar-refractivity contribution in [2.75, 3.05) is 5.32 Å². The Labute approximate surface area is 89.9 Å². The first-order chi connectivity index (χ1) is 6.84. The first-order valence-corrected chi connectivity index (χ1v) is 4.97. The van der Waals surface area contributed by atoms with Crippen molar-refractivity contribution < 1.29 is 0 Å². The van der Waals surface area contributed by atoms with E-state index in [0.29, 0.717) is 6.54 Å². The summed E-state index contributed by atoms with van der Waals surface area (Å²) in [6, 6.07) is 3.85. The van der Waals surface area contributed by atoms with E-state index in [1.54, 1.807) is 18.6 Å². The molecule has 2 aromatic heterocycles. The molecule has 0 atom stereocenters. The molecule has 72 valence electrons. The highest BCUT2D eigenvalue weighted by atomic mass is 79.9. The number of H-pyrrole nitrogens is 1. The van der Waals surface area contributed by atoms with Crippen LogP contribution in [0, 0.1) is 0 Å². The van der Waals surface area contributed by atoms with Crippen LogP contribution < -0.4 is 5.32 Å². The molecule has 14 heavy (non-hydrogen) atoms. The highest BCUT2D eigenvalue weighted by Gasteiger charge is 1.95. The average Bonchev–Trinajstić information content (AvgIpc) is 2.70. The molecule has 0 bridgehead atoms. The summed E-state index contributed by atoms with van der Waals surface area (Å²) in [4.78, 5) is 11.3. The number of imidazole rings is 1. The molecule has 0 fully saturated rings. The smallest absolute Gasteiger partial charge is 0.126 e. The molecule has 0 amide bonds. The van der Waals surface area contributed by atoms with Crippen LogP contribution in [-0.4, -0.2) is 15.0 Å². The lowest BCUT2D eigenvalue weighted by Gasteiger charge is -2.02. The summed E-state index contributed by atoms with van der Waals surface area (Å²) in [7, 11) is 0. The predicted molar refractivity (Wildman–Crippen MR) is 57.9 cm³/mol. The lowest BCUT2D eigenvalue weighted by Crippen LogP contribution is -2.02. The first kappa shape index (κ1) is 9.21. The Hall–Kier alpha value is -1.36. The number of anilines is 1. The Morgan fingerprint density at radius 3 is 2.93 bits per heavy atom. The van der Waals surface area contributed by atoms with E-state index in [1.807, 2.05) is 12.1 Å². The number of aromatic nitrogens is 3. The summed E-state index contributed by atoms with van der Waals surface area (Å²) in [5, 5.41) is 3.15. The van der Waals surface area contributed by atoms with Crippen LogP contribution in [0.2, 0.25) is 0 Å². The van der Waals surface area contributed by atoms with E-state index < -0.39 is 0 Å². The van der Waals surface area contributed by atoms with Gasteiger partial charge in [-0.25, -0.2) is 9.97 Å². The third-order valence-electron chi connectivity index (χ3n) is 1.72. The molecule has 0 spiro atoms. The normalized spacial score (nSPS) is 10.1. The molecule has 2 aromatic rings. The maximum atomic E-state index is 4.18. The van der Waals surface area contributed by atoms with Gasteiger partial charge >= 0.3 is 0 Å². The van der Waals surface area contributed by atoms with Crippen LogP contribution in [0.1, 0.15) is 5.82 Å². The second-order valence-electron chi connectivity index (χ2n) is 2.75. The van der Waals surface area contributed by atoms with E-state index >= 15 is 0 Å². The molecule has 0 saturated heterocycles. The van der Waals surface area contributed by atoms with Crippen molar-refractivity contribution >= 4 is 21.7 Å². The van der Waals surface area contributed by atoms with Crippen LogP contribution in [0.5, 0.6) is 0 Å². The molecule has 0 aliphatic rings. The molecule has 5 heteroatoms. The van der Waals surface area contributed by atoms with Crippen molar-refractivity contribution in [1.82, 2.24) is 15.0 Å². The molecular formula is C9H9BrN4. The number of pyridine rings is 1. The average molecular weight is 253 g/mol. The lowest BCUT2D eigenvalue weighted by molar-refractivity contribution is 0.988. The lowest BCUT2D eigenvalue weighted by atomic mass is 10.4. The highest BCUT2D eigenvalue weighted by Crippen LogP contribution is 2.10. The van der Waals surface area contributed by atoms with Crippen LogP contribution in [0.4, 0.5) is 5.82 Å². The van der Waals surface area contributed by atoms with Gasteiger partial charge in [-0.1, -0.05) is 0 Å². The maximum absolute atomic E-state index is 4.18. The fourth-order valence-electron chi connectivity index (χ4n) is 1.05. The van der Waals surface area contributed by atoms with E-state index in [-0.39, 0.29) is 0 Å². The minimum absolute atomic E-state index is 0.654. The Bertz CT molecular complexity index is 382. The number of halogens is 1. The fraction of sp³-hybridized carbons (Fsp3) is 0.111. The van der Waals surface area contributed by atoms with Gasteiger partial charge in [0.1, 0.15) is 11.6 Å². The van der Waals surface area contributed by atoms with Gasteiger partial charge in [0.05, 0.1) is 6.54 Å². The zero-order valence-corrected chi connectivity index (χ0v) is 8.95. The summed E-state index contributed by atoms with van der Waals surface area (Å²) in [6.45, 7) is 0.654. The summed E-state index contributed by atoms with van der Waals surface area (Å²) >= 11 is 3.33. The van der Waals surface area contributed by atoms with Crippen molar-refractivity contribution in [2.24, 2.45) is 0 Å². The monoisotopic (exact) mass is 252 g/mol. The quantitative estimate of drug-likeness (QED) is 0.881. The Balaban J connectivity index is 1.95. The number of nitrogens with one attached hydrogen (secondary N) is 2. The highest BCUT2D eigenvalue weighted by molar-refractivity contribution is 9.10. The van der Waals surface area contributed by atoms with Gasteiger partial charge in [0, 0.05) is 23.1 Å². The number of hydrogen-bond donors (Lipinski definition) is 2. The number of rotatable bonds is 3. The van der Waals surface area contributed by atoms with Gasteiger partial charge in [-0.15, -0.1) is 0 Å². The minimum Gasteiger partial charge on any atom is -0.363 e. The Kier molecular flexibility index (Phi) is 2.78. The second kappa shape index (κ2) is 4.23. The fourth-order valence-corrected chi connectivity index (χ4v) is 1.28.